The molecule has 0 fully saturated rings. The number of benzene rings is 2. The van der Waals surface area contributed by atoms with Crippen LogP contribution in [0.25, 0.3) is 0 Å². The lowest BCUT2D eigenvalue weighted by Gasteiger charge is -2.09. The molecule has 0 bridgehead atoms. The van der Waals surface area contributed by atoms with Crippen LogP contribution in [0.1, 0.15) is 11.1 Å². The predicted molar refractivity (Wildman–Crippen MR) is 77.2 cm³/mol. The average Bonchev–Trinajstić information content (AvgIpc) is 2.45. The number of halogens is 1. The van der Waals surface area contributed by atoms with E-state index in [2.05, 4.69) is 4.72 Å². The maximum absolute atomic E-state index is 12.9. The lowest BCUT2D eigenvalue weighted by Crippen LogP contribution is -2.24. The molecule has 2 aromatic carbocycles. The van der Waals surface area contributed by atoms with Crippen molar-refractivity contribution in [1.82, 2.24) is 4.72 Å². The quantitative estimate of drug-likeness (QED) is 0.727. The van der Waals surface area contributed by atoms with Gasteiger partial charge in [-0.1, -0.05) is 24.3 Å². The Hall–Kier alpha value is -1.96. The van der Waals surface area contributed by atoms with Crippen molar-refractivity contribution in [2.75, 3.05) is 5.73 Å². The molecule has 0 aliphatic rings. The summed E-state index contributed by atoms with van der Waals surface area (Å²) in [5, 5.41) is 8.93. The first-order valence-electron chi connectivity index (χ1n) is 6.16. The highest BCUT2D eigenvalue weighted by molar-refractivity contribution is 7.89. The zero-order valence-electron chi connectivity index (χ0n) is 11.1. The molecule has 2 aromatic rings. The number of sulfonamides is 1. The average molecular weight is 310 g/mol. The molecule has 0 aromatic heterocycles. The summed E-state index contributed by atoms with van der Waals surface area (Å²) in [5.41, 5.74) is 6.86. The standard InChI is InChI=1S/C14H15FN2O3S/c15-12-5-6-14(13(16)7-12)21(19,20)17-8-10-1-3-11(9-18)4-2-10/h1-7,17-18H,8-9,16H2. The van der Waals surface area contributed by atoms with Gasteiger partial charge in [-0.25, -0.2) is 17.5 Å². The van der Waals surface area contributed by atoms with Gasteiger partial charge < -0.3 is 10.8 Å². The van der Waals surface area contributed by atoms with Gasteiger partial charge in [0.2, 0.25) is 10.0 Å². The molecule has 112 valence electrons. The van der Waals surface area contributed by atoms with Crippen LogP contribution < -0.4 is 10.5 Å². The minimum absolute atomic E-state index is 0.0713. The Balaban J connectivity index is 2.13. The van der Waals surface area contributed by atoms with Gasteiger partial charge in [0.1, 0.15) is 10.7 Å². The molecule has 0 unspecified atom stereocenters. The third-order valence-corrected chi connectivity index (χ3v) is 4.41. The van der Waals surface area contributed by atoms with Gasteiger partial charge in [-0.2, -0.15) is 0 Å². The van der Waals surface area contributed by atoms with Crippen LogP contribution in [0.3, 0.4) is 0 Å². The minimum Gasteiger partial charge on any atom is -0.398 e. The van der Waals surface area contributed by atoms with Gasteiger partial charge >= 0.3 is 0 Å². The molecule has 7 heteroatoms. The van der Waals surface area contributed by atoms with Crippen LogP contribution in [0.4, 0.5) is 10.1 Å². The van der Waals surface area contributed by atoms with Gasteiger partial charge in [0.25, 0.3) is 0 Å². The van der Waals surface area contributed by atoms with Gasteiger partial charge in [0.05, 0.1) is 12.3 Å². The van der Waals surface area contributed by atoms with Crippen LogP contribution in [-0.2, 0) is 23.2 Å². The Bertz CT molecular complexity index is 730. The molecule has 4 N–H and O–H groups in total. The van der Waals surface area contributed by atoms with Crippen LogP contribution in [0.2, 0.25) is 0 Å². The van der Waals surface area contributed by atoms with E-state index in [0.717, 1.165) is 29.3 Å². The number of hydrogen-bond acceptors (Lipinski definition) is 4. The van der Waals surface area contributed by atoms with E-state index in [4.69, 9.17) is 10.8 Å². The van der Waals surface area contributed by atoms with Crippen molar-refractivity contribution >= 4 is 15.7 Å². The number of nitrogens with one attached hydrogen (secondary N) is 1. The molecular formula is C14H15FN2O3S. The fourth-order valence-electron chi connectivity index (χ4n) is 1.78. The third kappa shape index (κ3) is 3.78. The first kappa shape index (κ1) is 15.4. The van der Waals surface area contributed by atoms with E-state index in [0.29, 0.717) is 0 Å². The lowest BCUT2D eigenvalue weighted by molar-refractivity contribution is 0.282. The summed E-state index contributed by atoms with van der Waals surface area (Å²) in [6.45, 7) is 0.00295. The molecule has 0 aliphatic carbocycles. The summed E-state index contributed by atoms with van der Waals surface area (Å²) >= 11 is 0. The first-order chi connectivity index (χ1) is 9.92. The smallest absolute Gasteiger partial charge is 0.242 e. The van der Waals surface area contributed by atoms with E-state index >= 15 is 0 Å². The fourth-order valence-corrected chi connectivity index (χ4v) is 2.91. The molecule has 21 heavy (non-hydrogen) atoms. The zero-order chi connectivity index (χ0) is 15.5. The molecule has 0 amide bonds. The summed E-state index contributed by atoms with van der Waals surface area (Å²) < 4.78 is 39.6. The molecule has 0 heterocycles. The van der Waals surface area contributed by atoms with Gasteiger partial charge in [-0.3, -0.25) is 0 Å². The van der Waals surface area contributed by atoms with E-state index in [1.807, 2.05) is 0 Å². The van der Waals surface area contributed by atoms with Crippen LogP contribution in [0.5, 0.6) is 0 Å². The van der Waals surface area contributed by atoms with E-state index in [-0.39, 0.29) is 23.7 Å². The molecular weight excluding hydrogens is 295 g/mol. The van der Waals surface area contributed by atoms with Crippen molar-refractivity contribution in [3.8, 4) is 0 Å². The number of aliphatic hydroxyl groups is 1. The van der Waals surface area contributed by atoms with Gasteiger partial charge in [-0.15, -0.1) is 0 Å². The normalized spacial score (nSPS) is 11.5. The lowest BCUT2D eigenvalue weighted by atomic mass is 10.1. The number of hydrogen-bond donors (Lipinski definition) is 3. The Morgan fingerprint density at radius 2 is 1.71 bits per heavy atom. The summed E-state index contributed by atoms with van der Waals surface area (Å²) in [6, 6.07) is 9.96. The van der Waals surface area contributed by atoms with E-state index in [1.54, 1.807) is 24.3 Å². The maximum Gasteiger partial charge on any atom is 0.242 e. The Labute approximate surface area is 122 Å². The van der Waals surface area contributed by atoms with Crippen LogP contribution in [0, 0.1) is 5.82 Å². The van der Waals surface area contributed by atoms with Crippen molar-refractivity contribution < 1.29 is 17.9 Å². The second-order valence-electron chi connectivity index (χ2n) is 4.48. The summed E-state index contributed by atoms with van der Waals surface area (Å²) in [5.74, 6) is -0.592. The molecule has 0 radical (unpaired) electrons. The van der Waals surface area contributed by atoms with Gasteiger partial charge in [0, 0.05) is 6.54 Å². The SMILES string of the molecule is Nc1cc(F)ccc1S(=O)(=O)NCc1ccc(CO)cc1. The van der Waals surface area contributed by atoms with Crippen molar-refractivity contribution in [2.45, 2.75) is 18.0 Å². The van der Waals surface area contributed by atoms with Gasteiger partial charge in [-0.05, 0) is 29.3 Å². The van der Waals surface area contributed by atoms with E-state index in [1.165, 1.54) is 0 Å². The summed E-state index contributed by atoms with van der Waals surface area (Å²) in [7, 11) is -3.81. The molecule has 0 atom stereocenters. The fraction of sp³-hybridized carbons (Fsp3) is 0.143. The highest BCUT2D eigenvalue weighted by Gasteiger charge is 2.17. The number of aliphatic hydroxyl groups excluding tert-OH is 1. The molecule has 0 spiro atoms. The van der Waals surface area contributed by atoms with Gasteiger partial charge in [0.15, 0.2) is 0 Å². The Kier molecular flexibility index (Phi) is 4.56. The van der Waals surface area contributed by atoms with Crippen molar-refractivity contribution in [1.29, 1.82) is 0 Å². The number of nitrogens with two attached hydrogens (primary N) is 1. The molecule has 5 nitrogen and oxygen atoms in total. The Morgan fingerprint density at radius 3 is 2.29 bits per heavy atom. The van der Waals surface area contributed by atoms with Crippen LogP contribution in [0.15, 0.2) is 47.4 Å². The second kappa shape index (κ2) is 6.21. The molecule has 0 saturated heterocycles. The second-order valence-corrected chi connectivity index (χ2v) is 6.22. The van der Waals surface area contributed by atoms with E-state index in [9.17, 15) is 12.8 Å². The van der Waals surface area contributed by atoms with E-state index < -0.39 is 15.8 Å². The third-order valence-electron chi connectivity index (χ3n) is 2.93. The van der Waals surface area contributed by atoms with Crippen LogP contribution in [-0.4, -0.2) is 13.5 Å². The number of nitrogen functional groups attached to an aromatic ring is 1. The number of rotatable bonds is 5. The van der Waals surface area contributed by atoms with Crippen molar-refractivity contribution in [2.24, 2.45) is 0 Å². The summed E-state index contributed by atoms with van der Waals surface area (Å²) in [6.07, 6.45) is 0. The zero-order valence-corrected chi connectivity index (χ0v) is 11.9. The summed E-state index contributed by atoms with van der Waals surface area (Å²) in [4.78, 5) is -0.157. The monoisotopic (exact) mass is 310 g/mol. The largest absolute Gasteiger partial charge is 0.398 e. The van der Waals surface area contributed by atoms with Crippen LogP contribution >= 0.6 is 0 Å². The predicted octanol–water partition coefficient (Wildman–Crippen LogP) is 1.38. The van der Waals surface area contributed by atoms with Crippen molar-refractivity contribution in [3.63, 3.8) is 0 Å². The Morgan fingerprint density at radius 1 is 1.10 bits per heavy atom. The molecule has 2 rings (SSSR count). The first-order valence-corrected chi connectivity index (χ1v) is 7.64. The molecule has 0 saturated carbocycles. The minimum atomic E-state index is -3.81. The maximum atomic E-state index is 12.9. The van der Waals surface area contributed by atoms with Crippen molar-refractivity contribution in [3.05, 3.63) is 59.4 Å². The number of anilines is 1. The molecule has 0 aliphatic heterocycles. The topological polar surface area (TPSA) is 92.4 Å². The highest BCUT2D eigenvalue weighted by atomic mass is 32.2. The highest BCUT2D eigenvalue weighted by Crippen LogP contribution is 2.19.